The number of likely N-dealkylation sites (tertiary alicyclic amines) is 1. The summed E-state index contributed by atoms with van der Waals surface area (Å²) >= 11 is 0. The van der Waals surface area contributed by atoms with Crippen LogP contribution in [0.15, 0.2) is 78.3 Å². The van der Waals surface area contributed by atoms with E-state index in [9.17, 15) is 5.11 Å². The number of hydrogen-bond acceptors (Lipinski definition) is 6. The highest BCUT2D eigenvalue weighted by atomic mass is 16.3. The van der Waals surface area contributed by atoms with E-state index in [4.69, 9.17) is 10.7 Å². The fourth-order valence-electron chi connectivity index (χ4n) is 6.86. The number of hydrogen-bond donors (Lipinski definition) is 3. The van der Waals surface area contributed by atoms with E-state index >= 15 is 0 Å². The van der Waals surface area contributed by atoms with Crippen LogP contribution in [0.5, 0.6) is 0 Å². The van der Waals surface area contributed by atoms with Gasteiger partial charge < -0.3 is 21.1 Å². The van der Waals surface area contributed by atoms with Crippen molar-refractivity contribution in [3.05, 3.63) is 89.9 Å². The summed E-state index contributed by atoms with van der Waals surface area (Å²) in [7, 11) is 0. The smallest absolute Gasteiger partial charge is 0.150 e. The van der Waals surface area contributed by atoms with Gasteiger partial charge in [0, 0.05) is 41.5 Å². The maximum atomic E-state index is 11.2. The lowest BCUT2D eigenvalue weighted by molar-refractivity contribution is -0.0704. The number of rotatable bonds is 7. The van der Waals surface area contributed by atoms with Crippen LogP contribution in [-0.4, -0.2) is 55.7 Å². The second-order valence-corrected chi connectivity index (χ2v) is 12.5. The van der Waals surface area contributed by atoms with E-state index in [0.717, 1.165) is 78.3 Å². The van der Waals surface area contributed by atoms with Gasteiger partial charge in [0.25, 0.3) is 0 Å². The first-order valence-corrected chi connectivity index (χ1v) is 14.6. The highest BCUT2D eigenvalue weighted by Gasteiger charge is 2.46. The third-order valence-electron chi connectivity index (χ3n) is 9.18. The zero-order valence-electron chi connectivity index (χ0n) is 24.0. The number of imidazole rings is 1. The highest BCUT2D eigenvalue weighted by molar-refractivity contribution is 5.88. The Labute approximate surface area is 237 Å². The molecule has 2 aromatic rings. The molecule has 0 amide bonds. The number of β-amino-alcohol motifs (C(OH)–C–C–N with tert-alkyl or cyclic N) is 1. The fourth-order valence-corrected chi connectivity index (χ4v) is 6.86. The van der Waals surface area contributed by atoms with E-state index in [2.05, 4.69) is 76.5 Å². The van der Waals surface area contributed by atoms with Crippen molar-refractivity contribution in [3.8, 4) is 0 Å². The van der Waals surface area contributed by atoms with Crippen LogP contribution in [0.2, 0.25) is 0 Å². The van der Waals surface area contributed by atoms with Crippen LogP contribution in [-0.2, 0) is 0 Å². The molecule has 4 N–H and O–H groups in total. The number of nitrogens with two attached hydrogens (primary N) is 1. The Morgan fingerprint density at radius 2 is 2.08 bits per heavy atom. The monoisotopic (exact) mass is 538 g/mol. The molecular formula is C33H42N6O. The summed E-state index contributed by atoms with van der Waals surface area (Å²) in [6.07, 6.45) is 23.8. The number of nitrogens with zero attached hydrogens (tertiary/aromatic N) is 4. The summed E-state index contributed by atoms with van der Waals surface area (Å²) in [6.45, 7) is 13.5. The molecule has 40 heavy (non-hydrogen) atoms. The first kappa shape index (κ1) is 26.8. The third kappa shape index (κ3) is 4.75. The maximum Gasteiger partial charge on any atom is 0.150 e. The summed E-state index contributed by atoms with van der Waals surface area (Å²) in [5, 5.41) is 15.0. The molecule has 0 radical (unpaired) electrons. The molecule has 1 saturated carbocycles. The van der Waals surface area contributed by atoms with Crippen molar-refractivity contribution >= 4 is 16.9 Å². The van der Waals surface area contributed by atoms with Gasteiger partial charge in [-0.2, -0.15) is 0 Å². The average molecular weight is 539 g/mol. The van der Waals surface area contributed by atoms with Gasteiger partial charge in [-0.15, -0.1) is 0 Å². The summed E-state index contributed by atoms with van der Waals surface area (Å²) in [5.41, 5.74) is 11.8. The van der Waals surface area contributed by atoms with Gasteiger partial charge in [-0.3, -0.25) is 4.40 Å². The second kappa shape index (κ2) is 10.2. The second-order valence-electron chi connectivity index (χ2n) is 12.5. The predicted octanol–water partition coefficient (Wildman–Crippen LogP) is 5.30. The summed E-state index contributed by atoms with van der Waals surface area (Å²) in [6, 6.07) is 0.0909. The van der Waals surface area contributed by atoms with Crippen LogP contribution in [0, 0.1) is 5.41 Å². The lowest BCUT2D eigenvalue weighted by atomic mass is 9.70. The molecule has 2 aliphatic heterocycles. The maximum absolute atomic E-state index is 11.2. The number of aliphatic hydroxyl groups is 1. The number of anilines is 1. The predicted molar refractivity (Wildman–Crippen MR) is 163 cm³/mol. The molecule has 210 valence electrons. The number of nitrogens with one attached hydrogen (secondary N) is 1. The minimum atomic E-state index is -0.637. The molecule has 2 fully saturated rings. The van der Waals surface area contributed by atoms with Gasteiger partial charge >= 0.3 is 0 Å². The first-order chi connectivity index (χ1) is 19.2. The van der Waals surface area contributed by atoms with Crippen LogP contribution in [0.3, 0.4) is 0 Å². The quantitative estimate of drug-likeness (QED) is 0.415. The van der Waals surface area contributed by atoms with Gasteiger partial charge in [-0.25, -0.2) is 9.97 Å². The molecule has 1 saturated heterocycles. The highest BCUT2D eigenvalue weighted by Crippen LogP contribution is 2.47. The standard InChI is InChI=1S/C33H42N6O/c1-5-6-9-25(22(2)3)26-11-13-32(4)12-10-23(18-27(32)36-26)28-29-30(34)35-14-17-39(29)31(37-28)24-19-33(40,20-24)21-38-15-7-8-16-38/h5-6,9-12,14,17-18,24,27,36,40H,2,7-8,13,15-16,19-21H2,1,3-4H3,(H2,34,35)/b6-5-,25-9+. The summed E-state index contributed by atoms with van der Waals surface area (Å²) in [5.74, 6) is 1.62. The lowest BCUT2D eigenvalue weighted by Gasteiger charge is -2.45. The largest absolute Gasteiger partial charge is 0.389 e. The van der Waals surface area contributed by atoms with Gasteiger partial charge in [0.2, 0.25) is 0 Å². The molecule has 0 bridgehead atoms. The third-order valence-corrected chi connectivity index (χ3v) is 9.18. The van der Waals surface area contributed by atoms with Gasteiger partial charge in [-0.1, -0.05) is 56.0 Å². The Hall–Kier alpha value is -3.42. The average Bonchev–Trinajstić information content (AvgIpc) is 3.55. The van der Waals surface area contributed by atoms with E-state index in [1.54, 1.807) is 6.20 Å². The van der Waals surface area contributed by atoms with Crippen molar-refractivity contribution in [1.29, 1.82) is 0 Å². The Bertz CT molecular complexity index is 1480. The van der Waals surface area contributed by atoms with E-state index in [1.165, 1.54) is 12.8 Å². The Morgan fingerprint density at radius 1 is 1.30 bits per heavy atom. The van der Waals surface area contributed by atoms with Crippen molar-refractivity contribution in [2.75, 3.05) is 25.4 Å². The molecule has 2 unspecified atom stereocenters. The molecular weight excluding hydrogens is 496 g/mol. The van der Waals surface area contributed by atoms with E-state index in [1.807, 2.05) is 19.2 Å². The van der Waals surface area contributed by atoms with E-state index in [0.29, 0.717) is 5.82 Å². The SMILES string of the molecule is C=C(C)/C(=C\C=C/C)C1=CCC2(C)C=CC(c3nc(C4CC(O)(CN5CCCC5)C4)n4ccnc(N)c34)=CC2N1. The van der Waals surface area contributed by atoms with Gasteiger partial charge in [0.05, 0.1) is 17.3 Å². The summed E-state index contributed by atoms with van der Waals surface area (Å²) in [4.78, 5) is 12.0. The van der Waals surface area contributed by atoms with Crippen molar-refractivity contribution in [1.82, 2.24) is 24.6 Å². The fraction of sp³-hybridized carbons (Fsp3) is 0.455. The Balaban J connectivity index is 1.31. The minimum absolute atomic E-state index is 0.0457. The topological polar surface area (TPSA) is 91.7 Å². The zero-order valence-corrected chi connectivity index (χ0v) is 24.0. The molecule has 2 aromatic heterocycles. The molecule has 7 nitrogen and oxygen atoms in total. The van der Waals surface area contributed by atoms with Crippen LogP contribution >= 0.6 is 0 Å². The van der Waals surface area contributed by atoms with Crippen LogP contribution in [0.4, 0.5) is 5.82 Å². The van der Waals surface area contributed by atoms with Crippen LogP contribution in [0.1, 0.15) is 70.3 Å². The van der Waals surface area contributed by atoms with Gasteiger partial charge in [-0.05, 0) is 70.2 Å². The molecule has 6 rings (SSSR count). The van der Waals surface area contributed by atoms with Crippen molar-refractivity contribution in [2.45, 2.75) is 70.4 Å². The number of fused-ring (bicyclic) bond motifs is 2. The molecule has 2 aliphatic carbocycles. The van der Waals surface area contributed by atoms with Crippen LogP contribution < -0.4 is 11.1 Å². The van der Waals surface area contributed by atoms with Crippen molar-refractivity contribution in [3.63, 3.8) is 0 Å². The van der Waals surface area contributed by atoms with Gasteiger partial charge in [0.15, 0.2) is 0 Å². The number of allylic oxidation sites excluding steroid dienone is 7. The number of nitrogen functional groups attached to an aromatic ring is 1. The minimum Gasteiger partial charge on any atom is -0.389 e. The lowest BCUT2D eigenvalue weighted by Crippen LogP contribution is -2.51. The molecule has 0 aromatic carbocycles. The van der Waals surface area contributed by atoms with Gasteiger partial charge in [0.1, 0.15) is 17.2 Å². The van der Waals surface area contributed by atoms with Crippen molar-refractivity contribution in [2.24, 2.45) is 5.41 Å². The molecule has 7 heteroatoms. The van der Waals surface area contributed by atoms with Crippen LogP contribution in [0.25, 0.3) is 11.1 Å². The normalized spacial score (nSPS) is 30.6. The molecule has 2 atom stereocenters. The van der Waals surface area contributed by atoms with E-state index < -0.39 is 5.60 Å². The number of aromatic nitrogens is 3. The summed E-state index contributed by atoms with van der Waals surface area (Å²) < 4.78 is 2.10. The Morgan fingerprint density at radius 3 is 2.80 bits per heavy atom. The molecule has 0 spiro atoms. The zero-order chi connectivity index (χ0) is 28.1. The molecule has 4 heterocycles. The first-order valence-electron chi connectivity index (χ1n) is 14.6. The Kier molecular flexibility index (Phi) is 6.83. The van der Waals surface area contributed by atoms with E-state index in [-0.39, 0.29) is 17.4 Å². The van der Waals surface area contributed by atoms with Crippen molar-refractivity contribution < 1.29 is 5.11 Å². The molecule has 4 aliphatic rings.